The van der Waals surface area contributed by atoms with Gasteiger partial charge in [0.15, 0.2) is 5.75 Å². The van der Waals surface area contributed by atoms with Gasteiger partial charge in [-0.3, -0.25) is 4.79 Å². The molecule has 0 aliphatic heterocycles. The van der Waals surface area contributed by atoms with E-state index in [9.17, 15) is 19.8 Å². The van der Waals surface area contributed by atoms with E-state index < -0.39 is 5.97 Å². The van der Waals surface area contributed by atoms with Crippen LogP contribution < -0.4 is 5.32 Å². The first-order chi connectivity index (χ1) is 12.9. The number of rotatable bonds is 5. The average Bonchev–Trinajstić information content (AvgIpc) is 2.62. The van der Waals surface area contributed by atoms with Crippen LogP contribution in [0.2, 0.25) is 0 Å². The largest absolute Gasteiger partial charge is 1.00 e. The van der Waals surface area contributed by atoms with Crippen molar-refractivity contribution in [2.45, 2.75) is 13.8 Å². The molecule has 0 aromatic heterocycles. The number of nitrogens with one attached hydrogen (secondary N) is 1. The molecule has 0 bridgehead atoms. The Morgan fingerprint density at radius 1 is 1.07 bits per heavy atom. The maximum absolute atomic E-state index is 11.4. The molecule has 0 unspecified atom stereocenters. The van der Waals surface area contributed by atoms with Crippen LogP contribution in [0.4, 0.5) is 17.1 Å². The summed E-state index contributed by atoms with van der Waals surface area (Å²) in [6.45, 7) is 3.56. The minimum absolute atomic E-state index is 0. The third-order valence-corrected chi connectivity index (χ3v) is 4.14. The van der Waals surface area contributed by atoms with Crippen LogP contribution in [-0.4, -0.2) is 22.6 Å². The third-order valence-electron chi connectivity index (χ3n) is 4.14. The van der Waals surface area contributed by atoms with Crippen LogP contribution in [0.3, 0.4) is 0 Å². The van der Waals surface area contributed by atoms with Crippen molar-refractivity contribution in [2.24, 2.45) is 10.2 Å². The summed E-state index contributed by atoms with van der Waals surface area (Å²) in [7, 11) is 0. The van der Waals surface area contributed by atoms with Gasteiger partial charge >= 0.3 is 23.0 Å². The minimum Gasteiger partial charge on any atom is -0.693 e. The molecule has 3 aromatic carbocycles. The van der Waals surface area contributed by atoms with Crippen molar-refractivity contribution in [3.05, 3.63) is 65.3 Å². The fourth-order valence-electron chi connectivity index (χ4n) is 2.81. The molecule has 29 heavy (non-hydrogen) atoms. The number of benzene rings is 3. The Bertz CT molecular complexity index is 1100. The molecular formula is C20H19CuN4O4. The van der Waals surface area contributed by atoms with Gasteiger partial charge < -0.3 is 21.7 Å². The maximum atomic E-state index is 11.4. The van der Waals surface area contributed by atoms with Gasteiger partial charge in [-0.2, -0.15) is 0 Å². The number of azo groups is 1. The molecule has 8 nitrogen and oxygen atoms in total. The van der Waals surface area contributed by atoms with E-state index in [-0.39, 0.29) is 45.9 Å². The van der Waals surface area contributed by atoms with Gasteiger partial charge in [0, 0.05) is 11.1 Å². The van der Waals surface area contributed by atoms with E-state index in [1.165, 1.54) is 6.07 Å². The second kappa shape index (κ2) is 9.79. The molecule has 0 aliphatic rings. The quantitative estimate of drug-likeness (QED) is 0.269. The Hall–Kier alpha value is -3.26. The number of amides is 1. The number of phenols is 1. The molecule has 1 amide bonds. The smallest absolute Gasteiger partial charge is 0.693 e. The molecule has 0 spiro atoms. The number of hydrogen-bond donors (Lipinski definition) is 3. The normalized spacial score (nSPS) is 10.3. The molecule has 0 heterocycles. The number of aromatic hydroxyl groups is 1. The van der Waals surface area contributed by atoms with Crippen LogP contribution >= 0.6 is 0 Å². The molecule has 9 heteroatoms. The van der Waals surface area contributed by atoms with Gasteiger partial charge in [0.1, 0.15) is 11.4 Å². The number of fused-ring (bicyclic) bond motifs is 1. The monoisotopic (exact) mass is 442 g/mol. The third kappa shape index (κ3) is 4.97. The molecule has 0 saturated heterocycles. The maximum Gasteiger partial charge on any atom is 1.00 e. The van der Waals surface area contributed by atoms with Gasteiger partial charge in [-0.05, 0) is 61.2 Å². The Morgan fingerprint density at radius 3 is 2.45 bits per heavy atom. The number of phenolic OH excluding ortho intramolecular Hbond substituents is 1. The topological polar surface area (TPSA) is 145 Å². The van der Waals surface area contributed by atoms with Crippen molar-refractivity contribution in [1.82, 2.24) is 0 Å². The molecule has 5 N–H and O–H groups in total. The molecule has 0 fully saturated rings. The van der Waals surface area contributed by atoms with Gasteiger partial charge in [0.05, 0.1) is 5.56 Å². The fourth-order valence-corrected chi connectivity index (χ4v) is 2.81. The van der Waals surface area contributed by atoms with Crippen molar-refractivity contribution in [3.63, 3.8) is 0 Å². The first-order valence-corrected chi connectivity index (χ1v) is 8.13. The Balaban J connectivity index is 0.00000210. The summed E-state index contributed by atoms with van der Waals surface area (Å²) >= 11 is 0. The second-order valence-electron chi connectivity index (χ2n) is 6.11. The van der Waals surface area contributed by atoms with Crippen molar-refractivity contribution in [2.75, 3.05) is 5.32 Å². The number of carbonyl (C=O) groups is 2. The first-order valence-electron chi connectivity index (χ1n) is 8.13. The van der Waals surface area contributed by atoms with Crippen molar-refractivity contribution >= 4 is 40.2 Å². The molecule has 0 atom stereocenters. The van der Waals surface area contributed by atoms with Crippen LogP contribution in [0, 0.1) is 13.8 Å². The number of carboxylic acids is 1. The van der Waals surface area contributed by atoms with Crippen LogP contribution in [-0.2, 0) is 21.9 Å². The average molecular weight is 443 g/mol. The molecule has 3 rings (SSSR count). The Kier molecular flexibility index (Phi) is 8.03. The van der Waals surface area contributed by atoms with Crippen LogP contribution in [0.25, 0.3) is 16.9 Å². The van der Waals surface area contributed by atoms with E-state index in [2.05, 4.69) is 15.5 Å². The zero-order valence-electron chi connectivity index (χ0n) is 15.6. The van der Waals surface area contributed by atoms with Crippen LogP contribution in [0.1, 0.15) is 21.5 Å². The van der Waals surface area contributed by atoms with Gasteiger partial charge in [-0.25, -0.2) is 4.79 Å². The minimum atomic E-state index is -1.10. The van der Waals surface area contributed by atoms with Crippen molar-refractivity contribution in [1.29, 1.82) is 0 Å². The van der Waals surface area contributed by atoms with Gasteiger partial charge in [-0.1, -0.05) is 11.6 Å². The molecule has 154 valence electrons. The fraction of sp³-hybridized carbons (Fsp3) is 0.100. The number of anilines is 1. The zero-order chi connectivity index (χ0) is 19.6. The van der Waals surface area contributed by atoms with Crippen LogP contribution in [0.15, 0.2) is 52.7 Å². The Morgan fingerprint density at radius 2 is 1.79 bits per heavy atom. The summed E-state index contributed by atoms with van der Waals surface area (Å²) in [5, 5.41) is 31.9. The van der Waals surface area contributed by atoms with Gasteiger partial charge in [0.2, 0.25) is 6.41 Å². The standard InChI is InChI=1S/C20H17N3O4.Cu.H2N/c1-11-3-6-17(16(7-11)20(26)27)22-23-18-12(2)8-13-9-14(21-10-24)4-5-15(13)19(18)25;;/h3-10,25H,1-2H3,(H,21,24)(H,26,27);;1H2/q;+1;-1. The van der Waals surface area contributed by atoms with E-state index >= 15 is 0 Å². The van der Waals surface area contributed by atoms with E-state index in [4.69, 9.17) is 0 Å². The molecule has 0 saturated carbocycles. The van der Waals surface area contributed by atoms with E-state index in [0.29, 0.717) is 23.0 Å². The van der Waals surface area contributed by atoms with Crippen LogP contribution in [0.5, 0.6) is 5.75 Å². The number of carbonyl (C=O) groups excluding carboxylic acids is 1. The molecule has 0 radical (unpaired) electrons. The molecular weight excluding hydrogens is 424 g/mol. The second-order valence-corrected chi connectivity index (χ2v) is 6.11. The number of nitrogens with zero attached hydrogens (tertiary/aromatic N) is 2. The summed E-state index contributed by atoms with van der Waals surface area (Å²) < 4.78 is 0. The van der Waals surface area contributed by atoms with E-state index in [1.807, 2.05) is 6.07 Å². The Labute approximate surface area is 177 Å². The number of nitrogens with two attached hydrogens (primary N) is 1. The summed E-state index contributed by atoms with van der Waals surface area (Å²) in [6, 6.07) is 11.7. The van der Waals surface area contributed by atoms with Crippen molar-refractivity contribution in [3.8, 4) is 5.75 Å². The van der Waals surface area contributed by atoms with E-state index in [1.54, 1.807) is 44.2 Å². The number of hydrogen-bond acceptors (Lipinski definition) is 5. The number of carboxylic acid groups (broad SMARTS) is 1. The SMILES string of the molecule is Cc1ccc(N=Nc2c(C)cc3cc(NC=O)ccc3c2O)c(C(=O)O)c1.[Cu+].[NH2-]. The van der Waals surface area contributed by atoms with Gasteiger partial charge in [-0.15, -0.1) is 10.2 Å². The summed E-state index contributed by atoms with van der Waals surface area (Å²) in [5.74, 6) is -1.15. The summed E-state index contributed by atoms with van der Waals surface area (Å²) in [6.07, 6.45) is 0.581. The summed E-state index contributed by atoms with van der Waals surface area (Å²) in [4.78, 5) is 22.0. The molecule has 3 aromatic rings. The van der Waals surface area contributed by atoms with Crippen molar-refractivity contribution < 1.29 is 36.9 Å². The van der Waals surface area contributed by atoms with E-state index in [0.717, 1.165) is 10.9 Å². The first kappa shape index (κ1) is 23.8. The summed E-state index contributed by atoms with van der Waals surface area (Å²) in [5.41, 5.74) is 2.58. The predicted molar refractivity (Wildman–Crippen MR) is 108 cm³/mol. The zero-order valence-corrected chi connectivity index (χ0v) is 16.5. The molecule has 0 aliphatic carbocycles. The number of aromatic carboxylic acids is 1. The van der Waals surface area contributed by atoms with Gasteiger partial charge in [0.25, 0.3) is 0 Å². The predicted octanol–water partition coefficient (Wildman–Crippen LogP) is 5.56. The number of aryl methyl sites for hydroxylation is 2.